The standard InChI is InChI=1S/C8H8ClF2N.ClH/c9-7-4-2-1-3-6(7)5-8(10,11)12;/h1-4H,5,12H2;1H. The Bertz CT molecular complexity index is 273. The lowest BCUT2D eigenvalue weighted by atomic mass is 10.1. The number of halogens is 4. The van der Waals surface area contributed by atoms with Crippen LogP contribution >= 0.6 is 24.0 Å². The van der Waals surface area contributed by atoms with Gasteiger partial charge in [-0.25, -0.2) is 0 Å². The Labute approximate surface area is 86.3 Å². The molecule has 13 heavy (non-hydrogen) atoms. The highest BCUT2D eigenvalue weighted by Gasteiger charge is 2.23. The topological polar surface area (TPSA) is 26.0 Å². The number of benzene rings is 1. The highest BCUT2D eigenvalue weighted by molar-refractivity contribution is 6.31. The zero-order valence-corrected chi connectivity index (χ0v) is 8.21. The van der Waals surface area contributed by atoms with Crippen LogP contribution in [0.25, 0.3) is 0 Å². The van der Waals surface area contributed by atoms with Crippen LogP contribution in [0.3, 0.4) is 0 Å². The molecular formula is C8H9Cl2F2N. The predicted molar refractivity (Wildman–Crippen MR) is 51.5 cm³/mol. The van der Waals surface area contributed by atoms with Crippen molar-refractivity contribution >= 4 is 24.0 Å². The van der Waals surface area contributed by atoms with Crippen molar-refractivity contribution in [2.24, 2.45) is 5.73 Å². The van der Waals surface area contributed by atoms with Gasteiger partial charge in [0.15, 0.2) is 0 Å². The van der Waals surface area contributed by atoms with Crippen LogP contribution in [0, 0.1) is 0 Å². The molecule has 0 bridgehead atoms. The molecule has 0 aliphatic rings. The van der Waals surface area contributed by atoms with Crippen LogP contribution in [0.4, 0.5) is 8.78 Å². The van der Waals surface area contributed by atoms with Crippen LogP contribution in [-0.2, 0) is 6.42 Å². The molecule has 0 radical (unpaired) electrons. The van der Waals surface area contributed by atoms with Gasteiger partial charge >= 0.3 is 6.05 Å². The highest BCUT2D eigenvalue weighted by atomic mass is 35.5. The third-order valence-electron chi connectivity index (χ3n) is 1.38. The third-order valence-corrected chi connectivity index (χ3v) is 1.75. The van der Waals surface area contributed by atoms with Crippen LogP contribution in [0.5, 0.6) is 0 Å². The molecule has 0 fully saturated rings. The van der Waals surface area contributed by atoms with Crippen LogP contribution in [0.15, 0.2) is 24.3 Å². The number of nitrogens with two attached hydrogens (primary N) is 1. The minimum absolute atomic E-state index is 0. The summed E-state index contributed by atoms with van der Waals surface area (Å²) < 4.78 is 24.6. The molecule has 0 spiro atoms. The van der Waals surface area contributed by atoms with Gasteiger partial charge in [-0.15, -0.1) is 12.4 Å². The van der Waals surface area contributed by atoms with E-state index in [-0.39, 0.29) is 12.4 Å². The molecule has 0 saturated carbocycles. The van der Waals surface area contributed by atoms with Gasteiger partial charge in [0.25, 0.3) is 0 Å². The van der Waals surface area contributed by atoms with E-state index < -0.39 is 12.5 Å². The van der Waals surface area contributed by atoms with Crippen LogP contribution < -0.4 is 5.73 Å². The first kappa shape index (κ1) is 12.6. The van der Waals surface area contributed by atoms with Gasteiger partial charge < -0.3 is 0 Å². The second kappa shape index (κ2) is 4.74. The minimum Gasteiger partial charge on any atom is -0.272 e. The molecular weight excluding hydrogens is 219 g/mol. The first-order valence-corrected chi connectivity index (χ1v) is 3.77. The van der Waals surface area contributed by atoms with E-state index in [1.165, 1.54) is 6.07 Å². The highest BCUT2D eigenvalue weighted by Crippen LogP contribution is 2.20. The van der Waals surface area contributed by atoms with Crippen LogP contribution in [0.2, 0.25) is 5.02 Å². The fraction of sp³-hybridized carbons (Fsp3) is 0.250. The number of rotatable bonds is 2. The SMILES string of the molecule is Cl.NC(F)(F)Cc1ccccc1Cl. The molecule has 0 aliphatic heterocycles. The molecule has 0 unspecified atom stereocenters. The van der Waals surface area contributed by atoms with Gasteiger partial charge in [-0.3, -0.25) is 5.73 Å². The Morgan fingerprint density at radius 2 is 1.85 bits per heavy atom. The van der Waals surface area contributed by atoms with E-state index in [1.54, 1.807) is 18.2 Å². The Kier molecular flexibility index (Phi) is 4.61. The molecule has 1 nitrogen and oxygen atoms in total. The molecule has 1 aromatic rings. The van der Waals surface area contributed by atoms with E-state index in [0.29, 0.717) is 10.6 Å². The molecule has 2 N–H and O–H groups in total. The zero-order valence-electron chi connectivity index (χ0n) is 6.64. The van der Waals surface area contributed by atoms with Crippen LogP contribution in [-0.4, -0.2) is 6.05 Å². The van der Waals surface area contributed by atoms with E-state index in [1.807, 2.05) is 0 Å². The molecule has 0 aliphatic carbocycles. The van der Waals surface area contributed by atoms with Crippen molar-refractivity contribution in [3.8, 4) is 0 Å². The maximum atomic E-state index is 12.3. The number of hydrogen-bond acceptors (Lipinski definition) is 1. The normalized spacial score (nSPS) is 10.8. The summed E-state index contributed by atoms with van der Waals surface area (Å²) in [6, 6.07) is 3.23. The monoisotopic (exact) mass is 227 g/mol. The van der Waals surface area contributed by atoms with Gasteiger partial charge in [0.1, 0.15) is 0 Å². The lowest BCUT2D eigenvalue weighted by molar-refractivity contribution is 0.00874. The lowest BCUT2D eigenvalue weighted by Gasteiger charge is -2.10. The van der Waals surface area contributed by atoms with E-state index in [2.05, 4.69) is 5.73 Å². The number of alkyl halides is 2. The van der Waals surface area contributed by atoms with Gasteiger partial charge in [0.05, 0.1) is 6.42 Å². The molecule has 0 saturated heterocycles. The number of hydrogen-bond donors (Lipinski definition) is 1. The fourth-order valence-corrected chi connectivity index (χ4v) is 1.10. The van der Waals surface area contributed by atoms with Crippen LogP contribution in [0.1, 0.15) is 5.56 Å². The summed E-state index contributed by atoms with van der Waals surface area (Å²) in [5.74, 6) is 0. The van der Waals surface area contributed by atoms with Gasteiger partial charge in [-0.1, -0.05) is 29.8 Å². The van der Waals surface area contributed by atoms with Crippen molar-refractivity contribution in [3.63, 3.8) is 0 Å². The Morgan fingerprint density at radius 3 is 2.31 bits per heavy atom. The molecule has 5 heteroatoms. The van der Waals surface area contributed by atoms with Crippen molar-refractivity contribution < 1.29 is 8.78 Å². The molecule has 0 atom stereocenters. The van der Waals surface area contributed by atoms with E-state index in [4.69, 9.17) is 11.6 Å². The summed E-state index contributed by atoms with van der Waals surface area (Å²) in [7, 11) is 0. The predicted octanol–water partition coefficient (Wildman–Crippen LogP) is 2.86. The fourth-order valence-electron chi connectivity index (χ4n) is 0.896. The lowest BCUT2D eigenvalue weighted by Crippen LogP contribution is -2.31. The van der Waals surface area contributed by atoms with Gasteiger partial charge in [-0.2, -0.15) is 8.78 Å². The Hall–Kier alpha value is -0.380. The van der Waals surface area contributed by atoms with Crippen molar-refractivity contribution in [1.29, 1.82) is 0 Å². The average Bonchev–Trinajstić information content (AvgIpc) is 1.91. The van der Waals surface area contributed by atoms with Gasteiger partial charge in [0, 0.05) is 5.02 Å². The summed E-state index contributed by atoms with van der Waals surface area (Å²) >= 11 is 5.64. The van der Waals surface area contributed by atoms with E-state index in [0.717, 1.165) is 0 Å². The smallest absolute Gasteiger partial charge is 0.272 e. The molecule has 74 valence electrons. The zero-order chi connectivity index (χ0) is 9.19. The second-order valence-corrected chi connectivity index (χ2v) is 2.94. The molecule has 1 rings (SSSR count). The summed E-state index contributed by atoms with van der Waals surface area (Å²) in [6.45, 7) is 0. The first-order valence-electron chi connectivity index (χ1n) is 3.39. The van der Waals surface area contributed by atoms with Crippen molar-refractivity contribution in [3.05, 3.63) is 34.9 Å². The average molecular weight is 228 g/mol. The third kappa shape index (κ3) is 4.41. The van der Waals surface area contributed by atoms with Crippen molar-refractivity contribution in [1.82, 2.24) is 0 Å². The summed E-state index contributed by atoms with van der Waals surface area (Å²) in [5, 5.41) is 0.322. The quantitative estimate of drug-likeness (QED) is 0.774. The van der Waals surface area contributed by atoms with Gasteiger partial charge in [-0.05, 0) is 11.6 Å². The molecule has 0 heterocycles. The maximum absolute atomic E-state index is 12.3. The molecule has 0 amide bonds. The Morgan fingerprint density at radius 1 is 1.31 bits per heavy atom. The van der Waals surface area contributed by atoms with E-state index >= 15 is 0 Å². The Balaban J connectivity index is 0.00000144. The summed E-state index contributed by atoms with van der Waals surface area (Å²) in [4.78, 5) is 0. The largest absolute Gasteiger partial charge is 0.304 e. The summed E-state index contributed by atoms with van der Waals surface area (Å²) in [5.41, 5.74) is 4.91. The second-order valence-electron chi connectivity index (χ2n) is 2.53. The summed E-state index contributed by atoms with van der Waals surface area (Å²) in [6.07, 6.45) is -0.521. The molecule has 1 aromatic carbocycles. The van der Waals surface area contributed by atoms with E-state index in [9.17, 15) is 8.78 Å². The first-order chi connectivity index (χ1) is 5.49. The molecule has 0 aromatic heterocycles. The van der Waals surface area contributed by atoms with Crippen molar-refractivity contribution in [2.75, 3.05) is 0 Å². The maximum Gasteiger partial charge on any atom is 0.304 e. The van der Waals surface area contributed by atoms with Crippen molar-refractivity contribution in [2.45, 2.75) is 12.5 Å². The van der Waals surface area contributed by atoms with Gasteiger partial charge in [0.2, 0.25) is 0 Å². The minimum atomic E-state index is -3.19.